The Kier molecular flexibility index (Phi) is 10.0. The average Bonchev–Trinajstić information content (AvgIpc) is 2.77. The number of hydrogen-bond donors (Lipinski definition) is 3. The highest BCUT2D eigenvalue weighted by atomic mass is 35.5. The van der Waals surface area contributed by atoms with E-state index in [-0.39, 0.29) is 35.3 Å². The van der Waals surface area contributed by atoms with E-state index in [1.165, 1.54) is 19.1 Å². The number of halogens is 4. The van der Waals surface area contributed by atoms with Gasteiger partial charge in [-0.05, 0) is 42.0 Å². The topological polar surface area (TPSA) is 155 Å². The molecule has 1 heterocycles. The molecule has 0 radical (unpaired) electrons. The number of fused-ring (bicyclic) bond motifs is 1. The van der Waals surface area contributed by atoms with Crippen molar-refractivity contribution in [3.8, 4) is 5.75 Å². The molecule has 38 heavy (non-hydrogen) atoms. The Morgan fingerprint density at radius 3 is 2.39 bits per heavy atom. The van der Waals surface area contributed by atoms with Crippen molar-refractivity contribution in [3.05, 3.63) is 33.9 Å². The van der Waals surface area contributed by atoms with Crippen LogP contribution in [0.15, 0.2) is 22.7 Å². The fraction of sp³-hybridized carbons (Fsp3) is 0.500. The highest BCUT2D eigenvalue weighted by Crippen LogP contribution is 2.42. The van der Waals surface area contributed by atoms with Crippen LogP contribution in [0.5, 0.6) is 5.75 Å². The minimum Gasteiger partial charge on any atom is -0.475 e. The molecule has 10 nitrogen and oxygen atoms in total. The first-order valence-electron chi connectivity index (χ1n) is 11.5. The number of amides is 1. The van der Waals surface area contributed by atoms with Crippen molar-refractivity contribution in [1.82, 2.24) is 5.32 Å². The molecule has 14 heteroatoms. The van der Waals surface area contributed by atoms with Crippen LogP contribution in [-0.4, -0.2) is 55.5 Å². The van der Waals surface area contributed by atoms with E-state index in [0.29, 0.717) is 12.0 Å². The molecule has 1 aliphatic rings. The predicted octanol–water partition coefficient (Wildman–Crippen LogP) is 2.95. The molecule has 0 saturated heterocycles. The summed E-state index contributed by atoms with van der Waals surface area (Å²) in [7, 11) is 0. The van der Waals surface area contributed by atoms with Gasteiger partial charge in [0.1, 0.15) is 11.8 Å². The van der Waals surface area contributed by atoms with Crippen molar-refractivity contribution in [2.75, 3.05) is 13.3 Å². The van der Waals surface area contributed by atoms with Crippen LogP contribution in [0.4, 0.5) is 13.2 Å². The van der Waals surface area contributed by atoms with Gasteiger partial charge in [-0.2, -0.15) is 13.2 Å². The first-order valence-corrected chi connectivity index (χ1v) is 11.8. The van der Waals surface area contributed by atoms with Crippen LogP contribution >= 0.6 is 11.6 Å². The van der Waals surface area contributed by atoms with Gasteiger partial charge in [0.25, 0.3) is 0 Å². The van der Waals surface area contributed by atoms with Crippen molar-refractivity contribution < 1.29 is 41.8 Å². The second kappa shape index (κ2) is 12.4. The van der Waals surface area contributed by atoms with Gasteiger partial charge in [0.05, 0.1) is 5.57 Å². The third-order valence-corrected chi connectivity index (χ3v) is 5.59. The maximum atomic E-state index is 13.8. The van der Waals surface area contributed by atoms with E-state index < -0.39 is 53.9 Å². The van der Waals surface area contributed by atoms with Gasteiger partial charge >= 0.3 is 18.1 Å². The number of benzene rings is 1. The molecular formula is C24H30ClF3N4O6. The minimum atomic E-state index is -4.95. The van der Waals surface area contributed by atoms with Crippen molar-refractivity contribution in [3.63, 3.8) is 0 Å². The van der Waals surface area contributed by atoms with Crippen molar-refractivity contribution in [1.29, 1.82) is 0 Å². The van der Waals surface area contributed by atoms with Crippen LogP contribution in [0, 0.1) is 0 Å². The number of nitrogens with one attached hydrogen (secondary N) is 1. The van der Waals surface area contributed by atoms with Crippen LogP contribution in [0.1, 0.15) is 51.7 Å². The summed E-state index contributed by atoms with van der Waals surface area (Å²) < 4.78 is 56.2. The zero-order chi connectivity index (χ0) is 28.8. The number of guanidine groups is 1. The van der Waals surface area contributed by atoms with Crippen LogP contribution in [0.3, 0.4) is 0 Å². The van der Waals surface area contributed by atoms with Crippen LogP contribution < -0.4 is 21.5 Å². The zero-order valence-electron chi connectivity index (χ0n) is 21.3. The zero-order valence-corrected chi connectivity index (χ0v) is 22.0. The van der Waals surface area contributed by atoms with Crippen molar-refractivity contribution >= 4 is 41.5 Å². The summed E-state index contributed by atoms with van der Waals surface area (Å²) in [6.45, 7) is 5.87. The lowest BCUT2D eigenvalue weighted by Crippen LogP contribution is -2.42. The van der Waals surface area contributed by atoms with Gasteiger partial charge < -0.3 is 31.0 Å². The SMILES string of the molecule is CC(=O)N[C@@H](CCCN=C(N)N)C(=O)OCOC(=O)C1=Cc2cc(Cl)c(C(C)(C)C)cc2O[C@@H]1C(F)(F)F. The molecule has 210 valence electrons. The number of nitrogens with two attached hydrogens (primary N) is 2. The molecule has 0 bridgehead atoms. The second-order valence-electron chi connectivity index (χ2n) is 9.47. The van der Waals surface area contributed by atoms with Gasteiger partial charge in [0.15, 0.2) is 5.96 Å². The Morgan fingerprint density at radius 1 is 1.18 bits per heavy atom. The molecule has 0 saturated carbocycles. The number of nitrogens with zero attached hydrogens (tertiary/aromatic N) is 1. The molecule has 1 aliphatic heterocycles. The van der Waals surface area contributed by atoms with Crippen LogP contribution in [-0.2, 0) is 29.3 Å². The first kappa shape index (κ1) is 30.7. The maximum Gasteiger partial charge on any atom is 0.430 e. The van der Waals surface area contributed by atoms with Gasteiger partial charge in [0, 0.05) is 24.1 Å². The van der Waals surface area contributed by atoms with E-state index in [9.17, 15) is 27.6 Å². The lowest BCUT2D eigenvalue weighted by Gasteiger charge is -2.30. The Balaban J connectivity index is 2.15. The monoisotopic (exact) mass is 562 g/mol. The van der Waals surface area contributed by atoms with E-state index >= 15 is 0 Å². The molecule has 0 unspecified atom stereocenters. The summed E-state index contributed by atoms with van der Waals surface area (Å²) in [6, 6.07) is 1.69. The fourth-order valence-electron chi connectivity index (χ4n) is 3.52. The van der Waals surface area contributed by atoms with Gasteiger partial charge in [0.2, 0.25) is 18.8 Å². The number of hydrogen-bond acceptors (Lipinski definition) is 7. The Hall–Kier alpha value is -3.48. The third kappa shape index (κ3) is 8.54. The van der Waals surface area contributed by atoms with Crippen molar-refractivity contribution in [2.24, 2.45) is 16.5 Å². The molecule has 2 rings (SSSR count). The van der Waals surface area contributed by atoms with Crippen LogP contribution in [0.25, 0.3) is 6.08 Å². The Labute approximate surface area is 222 Å². The summed E-state index contributed by atoms with van der Waals surface area (Å²) in [6.07, 6.45) is -6.20. The lowest BCUT2D eigenvalue weighted by atomic mass is 9.85. The number of carbonyl (C=O) groups excluding carboxylic acids is 3. The number of ether oxygens (including phenoxy) is 3. The number of rotatable bonds is 9. The Bertz CT molecular complexity index is 1130. The Morgan fingerprint density at radius 2 is 1.84 bits per heavy atom. The predicted molar refractivity (Wildman–Crippen MR) is 133 cm³/mol. The number of aliphatic imine (C=N–C) groups is 1. The maximum absolute atomic E-state index is 13.8. The quantitative estimate of drug-likeness (QED) is 0.136. The average molecular weight is 563 g/mol. The summed E-state index contributed by atoms with van der Waals surface area (Å²) in [5.41, 5.74) is 9.85. The van der Waals surface area contributed by atoms with E-state index in [1.54, 1.807) is 0 Å². The van der Waals surface area contributed by atoms with E-state index in [2.05, 4.69) is 10.3 Å². The van der Waals surface area contributed by atoms with Crippen molar-refractivity contribution in [2.45, 2.75) is 64.3 Å². The molecule has 1 aromatic carbocycles. The standard InChI is InChI=1S/C24H30ClF3N4O6/c1-12(33)32-17(6-5-7-31-22(29)30)21(35)37-11-36-20(34)14-8-13-9-16(25)15(23(2,3)4)10-18(13)38-19(14)24(26,27)28/h8-10,17,19H,5-7,11H2,1-4H3,(H,32,33)(H4,29,30,31)/t17-,19-/m0/s1. The highest BCUT2D eigenvalue weighted by Gasteiger charge is 2.49. The second-order valence-corrected chi connectivity index (χ2v) is 9.88. The molecule has 0 aromatic heterocycles. The molecule has 0 spiro atoms. The highest BCUT2D eigenvalue weighted by molar-refractivity contribution is 6.31. The molecule has 0 aliphatic carbocycles. The van der Waals surface area contributed by atoms with Gasteiger partial charge in [-0.15, -0.1) is 0 Å². The van der Waals surface area contributed by atoms with Crippen LogP contribution in [0.2, 0.25) is 5.02 Å². The molecular weight excluding hydrogens is 533 g/mol. The number of alkyl halides is 3. The molecule has 0 fully saturated rings. The summed E-state index contributed by atoms with van der Waals surface area (Å²) in [5, 5.41) is 2.65. The molecule has 5 N–H and O–H groups in total. The molecule has 1 aromatic rings. The number of esters is 2. The van der Waals surface area contributed by atoms with E-state index in [1.807, 2.05) is 20.8 Å². The van der Waals surface area contributed by atoms with Gasteiger partial charge in [-0.25, -0.2) is 9.59 Å². The minimum absolute atomic E-state index is 0.0897. The number of carbonyl (C=O) groups is 3. The third-order valence-electron chi connectivity index (χ3n) is 5.28. The van der Waals surface area contributed by atoms with Gasteiger partial charge in [-0.1, -0.05) is 32.4 Å². The van der Waals surface area contributed by atoms with Gasteiger partial charge in [-0.3, -0.25) is 9.79 Å². The normalized spacial score (nSPS) is 15.8. The summed E-state index contributed by atoms with van der Waals surface area (Å²) in [5.74, 6) is -3.15. The summed E-state index contributed by atoms with van der Waals surface area (Å²) in [4.78, 5) is 40.1. The van der Waals surface area contributed by atoms with E-state index in [0.717, 1.165) is 6.08 Å². The molecule has 1 amide bonds. The lowest BCUT2D eigenvalue weighted by molar-refractivity contribution is -0.190. The smallest absolute Gasteiger partial charge is 0.430 e. The largest absolute Gasteiger partial charge is 0.475 e. The first-order chi connectivity index (χ1) is 17.5. The fourth-order valence-corrected chi connectivity index (χ4v) is 3.98. The van der Waals surface area contributed by atoms with E-state index in [4.69, 9.17) is 37.3 Å². The summed E-state index contributed by atoms with van der Waals surface area (Å²) >= 11 is 6.31. The molecule has 2 atom stereocenters.